The monoisotopic (exact) mass is 325 g/mol. The molecular weight excluding hydrogens is 301 g/mol. The largest absolute Gasteiger partial charge is 0.303 e. The van der Waals surface area contributed by atoms with Gasteiger partial charge in [-0.1, -0.05) is 12.1 Å². The molecule has 0 aliphatic carbocycles. The molecule has 0 unspecified atom stereocenters. The summed E-state index contributed by atoms with van der Waals surface area (Å²) in [6.07, 6.45) is 4.15. The summed E-state index contributed by atoms with van der Waals surface area (Å²) in [5, 5.41) is 0. The van der Waals surface area contributed by atoms with Gasteiger partial charge in [0.1, 0.15) is 5.82 Å². The molecule has 0 bridgehead atoms. The lowest BCUT2D eigenvalue weighted by atomic mass is 9.92. The van der Waals surface area contributed by atoms with Gasteiger partial charge in [-0.3, -0.25) is 0 Å². The van der Waals surface area contributed by atoms with Gasteiger partial charge in [0, 0.05) is 6.54 Å². The van der Waals surface area contributed by atoms with Crippen molar-refractivity contribution in [2.24, 2.45) is 5.92 Å². The van der Waals surface area contributed by atoms with Crippen LogP contribution in [-0.2, 0) is 9.84 Å². The lowest BCUT2D eigenvalue weighted by Crippen LogP contribution is -2.31. The molecule has 3 nitrogen and oxygen atoms in total. The number of nitrogens with zero attached hydrogens (tertiary/aromatic N) is 1. The quantitative estimate of drug-likeness (QED) is 0.857. The van der Waals surface area contributed by atoms with Gasteiger partial charge in [-0.05, 0) is 68.3 Å². The van der Waals surface area contributed by atoms with Gasteiger partial charge in [0.05, 0.1) is 11.5 Å². The molecule has 0 aromatic heterocycles. The second-order valence-corrected chi connectivity index (χ2v) is 8.98. The van der Waals surface area contributed by atoms with Gasteiger partial charge in [-0.2, -0.15) is 0 Å². The summed E-state index contributed by atoms with van der Waals surface area (Å²) in [6.45, 7) is 2.97. The number of halogens is 1. The molecule has 122 valence electrons. The first-order valence-corrected chi connectivity index (χ1v) is 10.0. The second-order valence-electron chi connectivity index (χ2n) is 6.75. The fourth-order valence-electron chi connectivity index (χ4n) is 3.79. The summed E-state index contributed by atoms with van der Waals surface area (Å²) in [4.78, 5) is 2.43. The van der Waals surface area contributed by atoms with Gasteiger partial charge in [0.15, 0.2) is 9.84 Å². The maximum atomic E-state index is 13.0. The highest BCUT2D eigenvalue weighted by Gasteiger charge is 2.30. The zero-order valence-corrected chi connectivity index (χ0v) is 13.7. The molecule has 1 aromatic carbocycles. The van der Waals surface area contributed by atoms with Crippen LogP contribution in [0.2, 0.25) is 0 Å². The summed E-state index contributed by atoms with van der Waals surface area (Å²) < 4.78 is 36.2. The molecule has 0 N–H and O–H groups in total. The first-order chi connectivity index (χ1) is 10.5. The average Bonchev–Trinajstić information content (AvgIpc) is 2.69. The molecule has 22 heavy (non-hydrogen) atoms. The minimum absolute atomic E-state index is 0.179. The number of hydrogen-bond acceptors (Lipinski definition) is 3. The van der Waals surface area contributed by atoms with Crippen LogP contribution < -0.4 is 0 Å². The summed E-state index contributed by atoms with van der Waals surface area (Å²) in [5.41, 5.74) is 1.23. The van der Waals surface area contributed by atoms with Crippen molar-refractivity contribution in [2.75, 3.05) is 31.1 Å². The fourth-order valence-corrected chi connectivity index (χ4v) is 5.64. The molecule has 2 saturated heterocycles. The SMILES string of the molecule is O=S1(=O)CC[C@@H](CN2CCC[C@H](c3ccc(F)cc3)CC2)C1. The molecule has 2 aliphatic heterocycles. The molecule has 5 heteroatoms. The summed E-state index contributed by atoms with van der Waals surface area (Å²) in [5.74, 6) is 1.36. The van der Waals surface area contributed by atoms with Crippen LogP contribution in [0, 0.1) is 11.7 Å². The van der Waals surface area contributed by atoms with Crippen LogP contribution in [0.1, 0.15) is 37.2 Å². The number of likely N-dealkylation sites (tertiary alicyclic amines) is 1. The Hall–Kier alpha value is -0.940. The Morgan fingerprint density at radius 2 is 1.86 bits per heavy atom. The summed E-state index contributed by atoms with van der Waals surface area (Å²) >= 11 is 0. The van der Waals surface area contributed by atoms with Crippen molar-refractivity contribution in [2.45, 2.75) is 31.6 Å². The Morgan fingerprint density at radius 1 is 1.09 bits per heavy atom. The van der Waals surface area contributed by atoms with Crippen molar-refractivity contribution < 1.29 is 12.8 Å². The molecule has 3 rings (SSSR count). The third-order valence-corrected chi connectivity index (χ3v) is 6.84. The molecule has 2 aliphatic rings. The zero-order chi connectivity index (χ0) is 15.6. The molecule has 1 aromatic rings. The van der Waals surface area contributed by atoms with Crippen LogP contribution in [0.3, 0.4) is 0 Å². The number of rotatable bonds is 3. The minimum Gasteiger partial charge on any atom is -0.303 e. The fraction of sp³-hybridized carbons (Fsp3) is 0.647. The highest BCUT2D eigenvalue weighted by atomic mass is 32.2. The standard InChI is InChI=1S/C17H24FNO2S/c18-17-5-3-16(4-6-17)15-2-1-9-19(10-7-15)12-14-8-11-22(20,21)13-14/h3-6,14-15H,1-2,7-13H2/t14-,15-/m0/s1. The van der Waals surface area contributed by atoms with Crippen LogP contribution in [0.4, 0.5) is 4.39 Å². The maximum Gasteiger partial charge on any atom is 0.150 e. The van der Waals surface area contributed by atoms with Gasteiger partial charge in [-0.15, -0.1) is 0 Å². The second kappa shape index (κ2) is 6.67. The normalized spacial score (nSPS) is 29.3. The Labute approximate surface area is 132 Å². The van der Waals surface area contributed by atoms with Crippen LogP contribution in [0.5, 0.6) is 0 Å². The van der Waals surface area contributed by atoms with Crippen molar-refractivity contribution in [1.82, 2.24) is 4.90 Å². The van der Waals surface area contributed by atoms with E-state index in [1.807, 2.05) is 12.1 Å². The molecular formula is C17H24FNO2S. The molecule has 0 spiro atoms. The Balaban J connectivity index is 1.55. The van der Waals surface area contributed by atoms with E-state index in [4.69, 9.17) is 0 Å². The van der Waals surface area contributed by atoms with E-state index in [9.17, 15) is 12.8 Å². The number of sulfone groups is 1. The van der Waals surface area contributed by atoms with Crippen LogP contribution >= 0.6 is 0 Å². The third kappa shape index (κ3) is 4.07. The Kier molecular flexibility index (Phi) is 4.83. The van der Waals surface area contributed by atoms with Crippen molar-refractivity contribution >= 4 is 9.84 Å². The summed E-state index contributed by atoms with van der Waals surface area (Å²) in [6, 6.07) is 6.89. The molecule has 0 amide bonds. The zero-order valence-electron chi connectivity index (χ0n) is 12.9. The number of hydrogen-bond donors (Lipinski definition) is 0. The van der Waals surface area contributed by atoms with E-state index in [0.717, 1.165) is 45.3 Å². The van der Waals surface area contributed by atoms with E-state index in [1.54, 1.807) is 12.1 Å². The molecule has 2 atom stereocenters. The topological polar surface area (TPSA) is 37.4 Å². The first-order valence-electron chi connectivity index (χ1n) is 8.20. The van der Waals surface area contributed by atoms with Gasteiger partial charge in [0.2, 0.25) is 0 Å². The predicted octanol–water partition coefficient (Wildman–Crippen LogP) is 2.83. The van der Waals surface area contributed by atoms with E-state index in [2.05, 4.69) is 4.90 Å². The highest BCUT2D eigenvalue weighted by molar-refractivity contribution is 7.91. The van der Waals surface area contributed by atoms with Crippen molar-refractivity contribution in [1.29, 1.82) is 0 Å². The van der Waals surface area contributed by atoms with E-state index in [1.165, 1.54) is 5.56 Å². The maximum absolute atomic E-state index is 13.0. The van der Waals surface area contributed by atoms with E-state index >= 15 is 0 Å². The lowest BCUT2D eigenvalue weighted by molar-refractivity contribution is 0.247. The summed E-state index contributed by atoms with van der Waals surface area (Å²) in [7, 11) is -2.78. The smallest absolute Gasteiger partial charge is 0.150 e. The minimum atomic E-state index is -2.78. The van der Waals surface area contributed by atoms with E-state index < -0.39 is 9.84 Å². The Morgan fingerprint density at radius 3 is 2.55 bits per heavy atom. The first kappa shape index (κ1) is 15.9. The van der Waals surface area contributed by atoms with E-state index in [-0.39, 0.29) is 5.82 Å². The molecule has 0 radical (unpaired) electrons. The third-order valence-electron chi connectivity index (χ3n) is 5.01. The lowest BCUT2D eigenvalue weighted by Gasteiger charge is -2.23. The molecule has 2 heterocycles. The average molecular weight is 325 g/mol. The predicted molar refractivity (Wildman–Crippen MR) is 86.2 cm³/mol. The molecule has 2 fully saturated rings. The van der Waals surface area contributed by atoms with Crippen molar-refractivity contribution in [3.63, 3.8) is 0 Å². The van der Waals surface area contributed by atoms with Gasteiger partial charge in [0.25, 0.3) is 0 Å². The van der Waals surface area contributed by atoms with E-state index in [0.29, 0.717) is 23.3 Å². The van der Waals surface area contributed by atoms with Crippen LogP contribution in [0.15, 0.2) is 24.3 Å². The van der Waals surface area contributed by atoms with Gasteiger partial charge < -0.3 is 4.90 Å². The van der Waals surface area contributed by atoms with Crippen LogP contribution in [-0.4, -0.2) is 44.5 Å². The van der Waals surface area contributed by atoms with Gasteiger partial charge >= 0.3 is 0 Å². The van der Waals surface area contributed by atoms with Crippen LogP contribution in [0.25, 0.3) is 0 Å². The number of benzene rings is 1. The van der Waals surface area contributed by atoms with Gasteiger partial charge in [-0.25, -0.2) is 12.8 Å². The highest BCUT2D eigenvalue weighted by Crippen LogP contribution is 2.29. The van der Waals surface area contributed by atoms with Crippen molar-refractivity contribution in [3.05, 3.63) is 35.6 Å². The Bertz CT molecular complexity index is 600. The molecule has 0 saturated carbocycles. The van der Waals surface area contributed by atoms with Crippen molar-refractivity contribution in [3.8, 4) is 0 Å².